The van der Waals surface area contributed by atoms with Crippen molar-refractivity contribution in [3.05, 3.63) is 42.5 Å². The number of nitrogens with one attached hydrogen (secondary N) is 2. The smallest absolute Gasteiger partial charge is 0.191 e. The SMILES string of the molecule is CCNC(=NCCOc1cccc2ccccc12)NC1CC1. The summed E-state index contributed by atoms with van der Waals surface area (Å²) in [4.78, 5) is 4.56. The number of fused-ring (bicyclic) bond motifs is 1. The van der Waals surface area contributed by atoms with E-state index in [1.165, 1.54) is 18.2 Å². The van der Waals surface area contributed by atoms with Gasteiger partial charge < -0.3 is 15.4 Å². The summed E-state index contributed by atoms with van der Waals surface area (Å²) in [6, 6.07) is 15.0. The minimum Gasteiger partial charge on any atom is -0.491 e. The zero-order valence-electron chi connectivity index (χ0n) is 13.0. The van der Waals surface area contributed by atoms with Gasteiger partial charge in [-0.05, 0) is 31.2 Å². The molecule has 4 nitrogen and oxygen atoms in total. The summed E-state index contributed by atoms with van der Waals surface area (Å²) >= 11 is 0. The van der Waals surface area contributed by atoms with Crippen molar-refractivity contribution in [2.75, 3.05) is 19.7 Å². The molecule has 0 unspecified atom stereocenters. The average Bonchev–Trinajstić information content (AvgIpc) is 3.36. The Kier molecular flexibility index (Phi) is 4.78. The predicted molar refractivity (Wildman–Crippen MR) is 91.6 cm³/mol. The van der Waals surface area contributed by atoms with E-state index < -0.39 is 0 Å². The van der Waals surface area contributed by atoms with Crippen molar-refractivity contribution in [1.82, 2.24) is 10.6 Å². The van der Waals surface area contributed by atoms with Gasteiger partial charge >= 0.3 is 0 Å². The van der Waals surface area contributed by atoms with Crippen LogP contribution in [0.1, 0.15) is 19.8 Å². The normalized spacial score (nSPS) is 14.9. The molecule has 0 aromatic heterocycles. The number of hydrogen-bond acceptors (Lipinski definition) is 2. The fourth-order valence-electron chi connectivity index (χ4n) is 2.38. The summed E-state index contributed by atoms with van der Waals surface area (Å²) in [5.74, 6) is 1.82. The molecule has 0 amide bonds. The Morgan fingerprint density at radius 1 is 1.18 bits per heavy atom. The van der Waals surface area contributed by atoms with Gasteiger partial charge in [0.1, 0.15) is 12.4 Å². The number of guanidine groups is 1. The number of hydrogen-bond donors (Lipinski definition) is 2. The summed E-state index contributed by atoms with van der Waals surface area (Å²) < 4.78 is 5.91. The van der Waals surface area contributed by atoms with Crippen LogP contribution in [0.25, 0.3) is 10.8 Å². The van der Waals surface area contributed by atoms with Gasteiger partial charge in [0.25, 0.3) is 0 Å². The van der Waals surface area contributed by atoms with Crippen molar-refractivity contribution in [3.63, 3.8) is 0 Å². The second kappa shape index (κ2) is 7.16. The fraction of sp³-hybridized carbons (Fsp3) is 0.389. The van der Waals surface area contributed by atoms with Gasteiger partial charge in [-0.3, -0.25) is 0 Å². The molecule has 2 aromatic carbocycles. The minimum absolute atomic E-state index is 0.579. The Labute approximate surface area is 131 Å². The molecule has 0 spiro atoms. The minimum atomic E-state index is 0.579. The fourth-order valence-corrected chi connectivity index (χ4v) is 2.38. The molecule has 1 saturated carbocycles. The van der Waals surface area contributed by atoms with Crippen molar-refractivity contribution in [2.45, 2.75) is 25.8 Å². The molecular formula is C18H23N3O. The second-order valence-electron chi connectivity index (χ2n) is 5.51. The van der Waals surface area contributed by atoms with Gasteiger partial charge in [0.05, 0.1) is 6.54 Å². The lowest BCUT2D eigenvalue weighted by Gasteiger charge is -2.11. The maximum absolute atomic E-state index is 5.91. The van der Waals surface area contributed by atoms with Crippen molar-refractivity contribution in [3.8, 4) is 5.75 Å². The van der Waals surface area contributed by atoms with Gasteiger partial charge in [0.15, 0.2) is 5.96 Å². The van der Waals surface area contributed by atoms with Crippen LogP contribution in [0.2, 0.25) is 0 Å². The Hall–Kier alpha value is -2.23. The molecule has 4 heteroatoms. The lowest BCUT2D eigenvalue weighted by atomic mass is 10.1. The number of benzene rings is 2. The van der Waals surface area contributed by atoms with Gasteiger partial charge in [-0.15, -0.1) is 0 Å². The first-order chi connectivity index (χ1) is 10.9. The van der Waals surface area contributed by atoms with Crippen LogP contribution >= 0.6 is 0 Å². The summed E-state index contributed by atoms with van der Waals surface area (Å²) in [7, 11) is 0. The van der Waals surface area contributed by atoms with Crippen LogP contribution in [0, 0.1) is 0 Å². The maximum atomic E-state index is 5.91. The topological polar surface area (TPSA) is 45.7 Å². The number of ether oxygens (including phenoxy) is 1. The van der Waals surface area contributed by atoms with Crippen LogP contribution in [-0.2, 0) is 0 Å². The molecule has 1 fully saturated rings. The molecule has 0 aliphatic heterocycles. The summed E-state index contributed by atoms with van der Waals surface area (Å²) in [6.07, 6.45) is 2.49. The quantitative estimate of drug-likeness (QED) is 0.489. The van der Waals surface area contributed by atoms with Crippen LogP contribution in [0.4, 0.5) is 0 Å². The maximum Gasteiger partial charge on any atom is 0.191 e. The summed E-state index contributed by atoms with van der Waals surface area (Å²) in [6.45, 7) is 4.18. The van der Waals surface area contributed by atoms with Crippen LogP contribution < -0.4 is 15.4 Å². The van der Waals surface area contributed by atoms with Crippen LogP contribution in [0.15, 0.2) is 47.5 Å². The van der Waals surface area contributed by atoms with E-state index >= 15 is 0 Å². The van der Waals surface area contributed by atoms with Gasteiger partial charge in [0, 0.05) is 18.0 Å². The van der Waals surface area contributed by atoms with E-state index in [0.717, 1.165) is 23.6 Å². The first-order valence-electron chi connectivity index (χ1n) is 8.02. The molecule has 0 bridgehead atoms. The zero-order chi connectivity index (χ0) is 15.2. The molecule has 0 saturated heterocycles. The van der Waals surface area contributed by atoms with Gasteiger partial charge in [-0.25, -0.2) is 4.99 Å². The van der Waals surface area contributed by atoms with E-state index in [1.807, 2.05) is 24.3 Å². The number of rotatable bonds is 6. The molecule has 1 aliphatic rings. The van der Waals surface area contributed by atoms with E-state index in [0.29, 0.717) is 19.2 Å². The molecule has 116 valence electrons. The molecule has 2 aromatic rings. The summed E-state index contributed by atoms with van der Waals surface area (Å²) in [5.41, 5.74) is 0. The molecule has 0 heterocycles. The highest BCUT2D eigenvalue weighted by Gasteiger charge is 2.21. The largest absolute Gasteiger partial charge is 0.491 e. The van der Waals surface area contributed by atoms with Crippen molar-refractivity contribution >= 4 is 16.7 Å². The summed E-state index contributed by atoms with van der Waals surface area (Å²) in [5, 5.41) is 9.02. The van der Waals surface area contributed by atoms with Gasteiger partial charge in [-0.2, -0.15) is 0 Å². The Morgan fingerprint density at radius 2 is 2.00 bits per heavy atom. The van der Waals surface area contributed by atoms with Crippen molar-refractivity contribution in [1.29, 1.82) is 0 Å². The highest BCUT2D eigenvalue weighted by Crippen LogP contribution is 2.24. The third-order valence-electron chi connectivity index (χ3n) is 3.63. The predicted octanol–water partition coefficient (Wildman–Crippen LogP) is 2.94. The first-order valence-corrected chi connectivity index (χ1v) is 8.02. The average molecular weight is 297 g/mol. The molecule has 0 radical (unpaired) electrons. The number of aliphatic imine (C=N–C) groups is 1. The second-order valence-corrected chi connectivity index (χ2v) is 5.51. The van der Waals surface area contributed by atoms with Crippen LogP contribution in [-0.4, -0.2) is 31.7 Å². The van der Waals surface area contributed by atoms with Crippen LogP contribution in [0.3, 0.4) is 0 Å². The molecule has 22 heavy (non-hydrogen) atoms. The Balaban J connectivity index is 1.57. The lowest BCUT2D eigenvalue weighted by Crippen LogP contribution is -2.38. The lowest BCUT2D eigenvalue weighted by molar-refractivity contribution is 0.332. The zero-order valence-corrected chi connectivity index (χ0v) is 13.0. The Bertz CT molecular complexity index is 644. The molecule has 0 atom stereocenters. The third-order valence-corrected chi connectivity index (χ3v) is 3.63. The van der Waals surface area contributed by atoms with Crippen molar-refractivity contribution < 1.29 is 4.74 Å². The van der Waals surface area contributed by atoms with Crippen LogP contribution in [0.5, 0.6) is 5.75 Å². The van der Waals surface area contributed by atoms with E-state index in [1.54, 1.807) is 0 Å². The molecule has 1 aliphatic carbocycles. The molecule has 2 N–H and O–H groups in total. The van der Waals surface area contributed by atoms with Gasteiger partial charge in [0.2, 0.25) is 0 Å². The van der Waals surface area contributed by atoms with Gasteiger partial charge in [-0.1, -0.05) is 36.4 Å². The van der Waals surface area contributed by atoms with E-state index in [9.17, 15) is 0 Å². The Morgan fingerprint density at radius 3 is 2.82 bits per heavy atom. The number of nitrogens with zero attached hydrogens (tertiary/aromatic N) is 1. The highest BCUT2D eigenvalue weighted by atomic mass is 16.5. The van der Waals surface area contributed by atoms with Crippen molar-refractivity contribution in [2.24, 2.45) is 4.99 Å². The van der Waals surface area contributed by atoms with E-state index in [4.69, 9.17) is 4.74 Å². The van der Waals surface area contributed by atoms with E-state index in [-0.39, 0.29) is 0 Å². The molecular weight excluding hydrogens is 274 g/mol. The monoisotopic (exact) mass is 297 g/mol. The molecule has 3 rings (SSSR count). The van der Waals surface area contributed by atoms with E-state index in [2.05, 4.69) is 40.7 Å². The standard InChI is InChI=1S/C18H23N3O/c1-2-19-18(21-15-10-11-15)20-12-13-22-17-9-5-7-14-6-3-4-8-16(14)17/h3-9,15H,2,10-13H2,1H3,(H2,19,20,21). The first kappa shape index (κ1) is 14.7. The third kappa shape index (κ3) is 3.91. The highest BCUT2D eigenvalue weighted by molar-refractivity contribution is 5.88.